The molecule has 0 atom stereocenters. The lowest BCUT2D eigenvalue weighted by molar-refractivity contribution is -0.137. The molecule has 0 aliphatic carbocycles. The van der Waals surface area contributed by atoms with Gasteiger partial charge in [0.1, 0.15) is 5.75 Å². The molecule has 9 heteroatoms. The van der Waals surface area contributed by atoms with E-state index in [0.29, 0.717) is 30.2 Å². The molecule has 6 nitrogen and oxygen atoms in total. The van der Waals surface area contributed by atoms with Gasteiger partial charge in [0.05, 0.1) is 24.4 Å². The highest BCUT2D eigenvalue weighted by atomic mass is 19.4. The standard InChI is InChI=1S/C19H19F3N2O4/c1-2-7-26-15-5-3-12(19(20,21)22)8-14(15)23-10-18(25)24-13-4-6-16-17(9-13)28-11-27-16/h3-6,8-9,23H,2,7,10-11H2,1H3,(H,24,25). The van der Waals surface area contributed by atoms with Crippen molar-refractivity contribution in [1.29, 1.82) is 0 Å². The maximum Gasteiger partial charge on any atom is 0.416 e. The molecule has 2 aromatic rings. The van der Waals surface area contributed by atoms with E-state index in [1.54, 1.807) is 18.2 Å². The highest BCUT2D eigenvalue weighted by Crippen LogP contribution is 2.36. The number of hydrogen-bond donors (Lipinski definition) is 2. The van der Waals surface area contributed by atoms with Gasteiger partial charge in [0, 0.05) is 11.8 Å². The number of carbonyl (C=O) groups is 1. The van der Waals surface area contributed by atoms with Crippen LogP contribution in [0.3, 0.4) is 0 Å². The minimum absolute atomic E-state index is 0.101. The first-order valence-corrected chi connectivity index (χ1v) is 8.64. The van der Waals surface area contributed by atoms with Crippen molar-refractivity contribution >= 4 is 17.3 Å². The number of benzene rings is 2. The number of anilines is 2. The van der Waals surface area contributed by atoms with Crippen LogP contribution < -0.4 is 24.8 Å². The van der Waals surface area contributed by atoms with Crippen molar-refractivity contribution in [2.75, 3.05) is 30.6 Å². The maximum absolute atomic E-state index is 13.0. The SMILES string of the molecule is CCCOc1ccc(C(F)(F)F)cc1NCC(=O)Nc1ccc2c(c1)OCO2. The van der Waals surface area contributed by atoms with Gasteiger partial charge in [-0.2, -0.15) is 13.2 Å². The summed E-state index contributed by atoms with van der Waals surface area (Å²) in [7, 11) is 0. The summed E-state index contributed by atoms with van der Waals surface area (Å²) in [4.78, 5) is 12.2. The molecule has 0 fully saturated rings. The largest absolute Gasteiger partial charge is 0.491 e. The Kier molecular flexibility index (Phi) is 5.81. The maximum atomic E-state index is 13.0. The predicted molar refractivity (Wildman–Crippen MR) is 96.9 cm³/mol. The second kappa shape index (κ2) is 8.28. The van der Waals surface area contributed by atoms with E-state index in [0.717, 1.165) is 12.1 Å². The van der Waals surface area contributed by atoms with Gasteiger partial charge in [-0.15, -0.1) is 0 Å². The lowest BCUT2D eigenvalue weighted by atomic mass is 10.1. The fourth-order valence-electron chi connectivity index (χ4n) is 2.54. The summed E-state index contributed by atoms with van der Waals surface area (Å²) in [6.07, 6.45) is -3.79. The molecule has 150 valence electrons. The van der Waals surface area contributed by atoms with E-state index in [4.69, 9.17) is 14.2 Å². The fourth-order valence-corrected chi connectivity index (χ4v) is 2.54. The number of hydrogen-bond acceptors (Lipinski definition) is 5. The van der Waals surface area contributed by atoms with Gasteiger partial charge in [-0.05, 0) is 36.8 Å². The van der Waals surface area contributed by atoms with E-state index in [9.17, 15) is 18.0 Å². The molecule has 0 bridgehead atoms. The summed E-state index contributed by atoms with van der Waals surface area (Å²) in [5.74, 6) is 0.917. The molecule has 28 heavy (non-hydrogen) atoms. The monoisotopic (exact) mass is 396 g/mol. The molecule has 1 amide bonds. The number of halogens is 3. The Bertz CT molecular complexity index is 856. The van der Waals surface area contributed by atoms with Crippen LogP contribution in [0.15, 0.2) is 36.4 Å². The Morgan fingerprint density at radius 3 is 2.68 bits per heavy atom. The minimum Gasteiger partial charge on any atom is -0.491 e. The lowest BCUT2D eigenvalue weighted by Gasteiger charge is -2.16. The number of ether oxygens (including phenoxy) is 3. The molecule has 0 aromatic heterocycles. The second-order valence-electron chi connectivity index (χ2n) is 6.03. The smallest absolute Gasteiger partial charge is 0.416 e. The highest BCUT2D eigenvalue weighted by Gasteiger charge is 2.31. The zero-order valence-electron chi connectivity index (χ0n) is 15.1. The molecule has 0 unspecified atom stereocenters. The summed E-state index contributed by atoms with van der Waals surface area (Å²) in [5, 5.41) is 5.36. The molecular weight excluding hydrogens is 377 g/mol. The number of fused-ring (bicyclic) bond motifs is 1. The minimum atomic E-state index is -4.49. The van der Waals surface area contributed by atoms with Crippen molar-refractivity contribution in [3.05, 3.63) is 42.0 Å². The van der Waals surface area contributed by atoms with Gasteiger partial charge in [0.2, 0.25) is 12.7 Å². The van der Waals surface area contributed by atoms with Crippen molar-refractivity contribution < 1.29 is 32.2 Å². The normalized spacial score (nSPS) is 12.6. The van der Waals surface area contributed by atoms with E-state index in [2.05, 4.69) is 10.6 Å². The van der Waals surface area contributed by atoms with Crippen LogP contribution in [-0.4, -0.2) is 25.9 Å². The van der Waals surface area contributed by atoms with E-state index >= 15 is 0 Å². The number of rotatable bonds is 7. The Morgan fingerprint density at radius 1 is 1.14 bits per heavy atom. The second-order valence-corrected chi connectivity index (χ2v) is 6.03. The van der Waals surface area contributed by atoms with Crippen molar-refractivity contribution in [3.63, 3.8) is 0 Å². The zero-order valence-corrected chi connectivity index (χ0v) is 15.1. The van der Waals surface area contributed by atoms with Crippen LogP contribution in [0.25, 0.3) is 0 Å². The molecule has 1 aliphatic heterocycles. The summed E-state index contributed by atoms with van der Waals surface area (Å²) in [5.41, 5.74) is -0.235. The van der Waals surface area contributed by atoms with Gasteiger partial charge in [0.25, 0.3) is 0 Å². The highest BCUT2D eigenvalue weighted by molar-refractivity contribution is 5.94. The zero-order chi connectivity index (χ0) is 20.1. The number of carbonyl (C=O) groups excluding carboxylic acids is 1. The molecule has 0 saturated carbocycles. The molecule has 0 spiro atoms. The van der Waals surface area contributed by atoms with E-state index < -0.39 is 17.6 Å². The molecular formula is C19H19F3N2O4. The van der Waals surface area contributed by atoms with E-state index in [-0.39, 0.29) is 24.8 Å². The van der Waals surface area contributed by atoms with Gasteiger partial charge in [-0.3, -0.25) is 4.79 Å². The Balaban J connectivity index is 1.67. The molecule has 2 aromatic carbocycles. The first-order valence-electron chi connectivity index (χ1n) is 8.64. The molecule has 2 N–H and O–H groups in total. The van der Waals surface area contributed by atoms with Gasteiger partial charge in [-0.25, -0.2) is 0 Å². The van der Waals surface area contributed by atoms with Crippen LogP contribution in [0.2, 0.25) is 0 Å². The quantitative estimate of drug-likeness (QED) is 0.732. The van der Waals surface area contributed by atoms with Crippen molar-refractivity contribution in [2.24, 2.45) is 0 Å². The average molecular weight is 396 g/mol. The third kappa shape index (κ3) is 4.79. The van der Waals surface area contributed by atoms with Crippen molar-refractivity contribution in [2.45, 2.75) is 19.5 Å². The number of nitrogens with one attached hydrogen (secondary N) is 2. The average Bonchev–Trinajstić information content (AvgIpc) is 3.12. The van der Waals surface area contributed by atoms with Gasteiger partial charge in [-0.1, -0.05) is 6.92 Å². The van der Waals surface area contributed by atoms with Crippen LogP contribution in [0.1, 0.15) is 18.9 Å². The summed E-state index contributed by atoms with van der Waals surface area (Å²) in [6.45, 7) is 2.11. The Morgan fingerprint density at radius 2 is 1.93 bits per heavy atom. The predicted octanol–water partition coefficient (Wildman–Crippen LogP) is 4.27. The molecule has 0 radical (unpaired) electrons. The van der Waals surface area contributed by atoms with Crippen molar-refractivity contribution in [1.82, 2.24) is 0 Å². The third-order valence-electron chi connectivity index (χ3n) is 3.86. The molecule has 3 rings (SSSR count). The Hall–Kier alpha value is -3.10. The molecule has 1 heterocycles. The van der Waals surface area contributed by atoms with E-state index in [1.807, 2.05) is 6.92 Å². The van der Waals surface area contributed by atoms with E-state index in [1.165, 1.54) is 6.07 Å². The van der Waals surface area contributed by atoms with Crippen LogP contribution in [0, 0.1) is 0 Å². The van der Waals surface area contributed by atoms with Crippen molar-refractivity contribution in [3.8, 4) is 17.2 Å². The number of amides is 1. The third-order valence-corrected chi connectivity index (χ3v) is 3.86. The first kappa shape index (κ1) is 19.7. The first-order chi connectivity index (χ1) is 13.4. The van der Waals surface area contributed by atoms with Gasteiger partial charge < -0.3 is 24.8 Å². The van der Waals surface area contributed by atoms with Crippen LogP contribution >= 0.6 is 0 Å². The van der Waals surface area contributed by atoms with Gasteiger partial charge >= 0.3 is 6.18 Å². The van der Waals surface area contributed by atoms with Crippen LogP contribution in [-0.2, 0) is 11.0 Å². The summed E-state index contributed by atoms with van der Waals surface area (Å²) < 4.78 is 54.8. The molecule has 1 aliphatic rings. The molecule has 0 saturated heterocycles. The number of alkyl halides is 3. The van der Waals surface area contributed by atoms with Crippen LogP contribution in [0.5, 0.6) is 17.2 Å². The lowest BCUT2D eigenvalue weighted by Crippen LogP contribution is -2.22. The fraction of sp³-hybridized carbons (Fsp3) is 0.316. The summed E-state index contributed by atoms with van der Waals surface area (Å²) in [6, 6.07) is 8.04. The van der Waals surface area contributed by atoms with Crippen LogP contribution in [0.4, 0.5) is 24.5 Å². The van der Waals surface area contributed by atoms with Gasteiger partial charge in [0.15, 0.2) is 11.5 Å². The Labute approximate surface area is 159 Å². The summed E-state index contributed by atoms with van der Waals surface area (Å²) >= 11 is 0. The topological polar surface area (TPSA) is 68.8 Å².